The van der Waals surface area contributed by atoms with Crippen molar-refractivity contribution in [2.24, 2.45) is 0 Å². The van der Waals surface area contributed by atoms with E-state index in [-0.39, 0.29) is 5.41 Å². The van der Waals surface area contributed by atoms with Gasteiger partial charge in [-0.15, -0.1) is 0 Å². The Kier molecular flexibility index (Phi) is 5.11. The first-order valence-corrected chi connectivity index (χ1v) is 15.3. The molecule has 1 aliphatic carbocycles. The molecular weight excluding hydrogens is 520 g/mol. The third-order valence-electron chi connectivity index (χ3n) is 9.78. The molecule has 0 radical (unpaired) electrons. The number of anilines is 2. The van der Waals surface area contributed by atoms with Crippen LogP contribution in [0.15, 0.2) is 127 Å². The molecule has 1 aromatic heterocycles. The van der Waals surface area contributed by atoms with Crippen LogP contribution in [0.2, 0.25) is 0 Å². The normalized spacial score (nSPS) is 16.0. The smallest absolute Gasteiger partial charge is 0.0582 e. The van der Waals surface area contributed by atoms with Crippen LogP contribution in [0.25, 0.3) is 50.8 Å². The van der Waals surface area contributed by atoms with E-state index < -0.39 is 0 Å². The molecule has 0 atom stereocenters. The summed E-state index contributed by atoms with van der Waals surface area (Å²) in [6.07, 6.45) is 13.4. The van der Waals surface area contributed by atoms with Crippen molar-refractivity contribution < 1.29 is 0 Å². The molecule has 0 spiro atoms. The van der Waals surface area contributed by atoms with Crippen molar-refractivity contribution in [2.45, 2.75) is 32.1 Å². The maximum absolute atomic E-state index is 2.49. The van der Waals surface area contributed by atoms with Crippen molar-refractivity contribution in [1.82, 2.24) is 4.57 Å². The highest BCUT2D eigenvalue weighted by Crippen LogP contribution is 2.48. The Hall–Kier alpha value is -5.08. The summed E-state index contributed by atoms with van der Waals surface area (Å²) in [5.74, 6) is 0. The lowest BCUT2D eigenvalue weighted by Crippen LogP contribution is -2.26. The molecule has 3 aliphatic rings. The second-order valence-electron chi connectivity index (χ2n) is 12.5. The van der Waals surface area contributed by atoms with E-state index in [0.29, 0.717) is 0 Å². The first kappa shape index (κ1) is 24.5. The third kappa shape index (κ3) is 3.47. The van der Waals surface area contributed by atoms with Crippen LogP contribution in [0.5, 0.6) is 0 Å². The lowest BCUT2D eigenvalue weighted by Gasteiger charge is -2.34. The summed E-state index contributed by atoms with van der Waals surface area (Å²) in [7, 11) is 0. The van der Waals surface area contributed by atoms with Crippen LogP contribution in [0.1, 0.15) is 48.9 Å². The molecule has 9 rings (SSSR count). The highest BCUT2D eigenvalue weighted by Gasteiger charge is 2.34. The summed E-state index contributed by atoms with van der Waals surface area (Å²) in [4.78, 5) is 2.48. The van der Waals surface area contributed by atoms with E-state index in [1.165, 1.54) is 77.9 Å². The minimum absolute atomic E-state index is 0.0590. The van der Waals surface area contributed by atoms with Gasteiger partial charge in [0.2, 0.25) is 0 Å². The summed E-state index contributed by atoms with van der Waals surface area (Å²) in [6.45, 7) is 4.72. The van der Waals surface area contributed by atoms with Gasteiger partial charge in [0.1, 0.15) is 0 Å². The van der Waals surface area contributed by atoms with Gasteiger partial charge in [-0.05, 0) is 82.6 Å². The van der Waals surface area contributed by atoms with Gasteiger partial charge in [0.05, 0.1) is 28.1 Å². The van der Waals surface area contributed by atoms with Crippen molar-refractivity contribution in [3.63, 3.8) is 0 Å². The molecule has 2 heteroatoms. The van der Waals surface area contributed by atoms with Crippen LogP contribution in [0.4, 0.5) is 11.4 Å². The van der Waals surface area contributed by atoms with Gasteiger partial charge < -0.3 is 9.47 Å². The number of benzene rings is 5. The zero-order valence-electron chi connectivity index (χ0n) is 24.5. The number of rotatable bonds is 2. The monoisotopic (exact) mass is 552 g/mol. The van der Waals surface area contributed by atoms with E-state index in [2.05, 4.69) is 157 Å². The lowest BCUT2D eigenvalue weighted by molar-refractivity contribution is 0.630. The Balaban J connectivity index is 1.26. The molecule has 0 bridgehead atoms. The fourth-order valence-electron chi connectivity index (χ4n) is 7.63. The Morgan fingerprint density at radius 3 is 2.23 bits per heavy atom. The van der Waals surface area contributed by atoms with Gasteiger partial charge in [-0.3, -0.25) is 0 Å². The third-order valence-corrected chi connectivity index (χ3v) is 9.78. The van der Waals surface area contributed by atoms with Gasteiger partial charge in [0.25, 0.3) is 0 Å². The maximum Gasteiger partial charge on any atom is 0.0582 e. The number of para-hydroxylation sites is 3. The number of nitrogens with zero attached hydrogens (tertiary/aromatic N) is 2. The maximum atomic E-state index is 2.49. The van der Waals surface area contributed by atoms with Gasteiger partial charge in [-0.25, -0.2) is 0 Å². The summed E-state index contributed by atoms with van der Waals surface area (Å²) < 4.78 is 2.49. The van der Waals surface area contributed by atoms with Crippen LogP contribution < -0.4 is 4.90 Å². The van der Waals surface area contributed by atoms with Crippen LogP contribution >= 0.6 is 0 Å². The SMILES string of the molecule is CC1(C)c2ccccc2-n2c3ccc(-c4ccc5c(c4)N(C4=CC=CCC4)c4ccccc4C=C5)cc3c3cccc1c32. The van der Waals surface area contributed by atoms with E-state index in [9.17, 15) is 0 Å². The summed E-state index contributed by atoms with van der Waals surface area (Å²) >= 11 is 0. The number of allylic oxidation sites excluding steroid dienone is 4. The van der Waals surface area contributed by atoms with Crippen molar-refractivity contribution in [3.8, 4) is 16.8 Å². The van der Waals surface area contributed by atoms with Crippen molar-refractivity contribution in [2.75, 3.05) is 4.90 Å². The molecule has 2 aliphatic heterocycles. The highest BCUT2D eigenvalue weighted by atomic mass is 15.2. The predicted octanol–water partition coefficient (Wildman–Crippen LogP) is 10.9. The topological polar surface area (TPSA) is 8.17 Å². The quantitative estimate of drug-likeness (QED) is 0.207. The molecule has 2 nitrogen and oxygen atoms in total. The number of hydrogen-bond donors (Lipinski definition) is 0. The standard InChI is InChI=1S/C41H32N2/c1-41(2)34-15-7-9-18-38(34)43-37-24-23-29(25-33(37)32-14-10-16-35(41)40(32)43)30-22-21-28-20-19-27-11-6-8-17-36(27)42(39(28)26-30)31-12-4-3-5-13-31/h3-4,6-12,14-26H,5,13H2,1-2H3. The highest BCUT2D eigenvalue weighted by molar-refractivity contribution is 6.12. The van der Waals surface area contributed by atoms with Crippen LogP contribution in [-0.4, -0.2) is 4.57 Å². The van der Waals surface area contributed by atoms with Gasteiger partial charge in [0, 0.05) is 21.9 Å². The molecule has 6 aromatic rings. The average molecular weight is 553 g/mol. The van der Waals surface area contributed by atoms with E-state index >= 15 is 0 Å². The van der Waals surface area contributed by atoms with Crippen LogP contribution in [0, 0.1) is 0 Å². The zero-order valence-corrected chi connectivity index (χ0v) is 24.5. The summed E-state index contributed by atoms with van der Waals surface area (Å²) in [5.41, 5.74) is 15.4. The second kappa shape index (κ2) is 8.96. The fourth-order valence-corrected chi connectivity index (χ4v) is 7.63. The van der Waals surface area contributed by atoms with Crippen LogP contribution in [-0.2, 0) is 5.41 Å². The molecule has 3 heterocycles. The molecule has 0 saturated carbocycles. The summed E-state index contributed by atoms with van der Waals surface area (Å²) in [5, 5.41) is 2.63. The minimum Gasteiger partial charge on any atom is -0.313 e. The largest absolute Gasteiger partial charge is 0.313 e. The average Bonchev–Trinajstić information content (AvgIpc) is 3.28. The molecule has 0 fully saturated rings. The van der Waals surface area contributed by atoms with E-state index in [1.807, 2.05) is 0 Å². The molecule has 0 saturated heterocycles. The first-order chi connectivity index (χ1) is 21.1. The predicted molar refractivity (Wildman–Crippen MR) is 182 cm³/mol. The van der Waals surface area contributed by atoms with Gasteiger partial charge in [-0.2, -0.15) is 0 Å². The van der Waals surface area contributed by atoms with Crippen molar-refractivity contribution in [3.05, 3.63) is 149 Å². The van der Waals surface area contributed by atoms with Crippen LogP contribution in [0.3, 0.4) is 0 Å². The molecular formula is C41H32N2. The first-order valence-electron chi connectivity index (χ1n) is 15.3. The van der Waals surface area contributed by atoms with Crippen molar-refractivity contribution >= 4 is 45.3 Å². The van der Waals surface area contributed by atoms with Gasteiger partial charge >= 0.3 is 0 Å². The molecule has 0 unspecified atom stereocenters. The Morgan fingerprint density at radius 1 is 0.628 bits per heavy atom. The molecule has 0 N–H and O–H groups in total. The molecule has 5 aromatic carbocycles. The van der Waals surface area contributed by atoms with E-state index in [0.717, 1.165) is 12.8 Å². The fraction of sp³-hybridized carbons (Fsp3) is 0.122. The summed E-state index contributed by atoms with van der Waals surface area (Å²) in [6, 6.07) is 38.5. The Morgan fingerprint density at radius 2 is 1.37 bits per heavy atom. The van der Waals surface area contributed by atoms with E-state index in [1.54, 1.807) is 0 Å². The molecule has 43 heavy (non-hydrogen) atoms. The molecule has 206 valence electrons. The number of fused-ring (bicyclic) bond motifs is 7. The zero-order chi connectivity index (χ0) is 28.7. The number of hydrogen-bond acceptors (Lipinski definition) is 1. The lowest BCUT2D eigenvalue weighted by atomic mass is 9.75. The van der Waals surface area contributed by atoms with E-state index in [4.69, 9.17) is 0 Å². The Bertz CT molecular complexity index is 2220. The molecule has 0 amide bonds. The van der Waals surface area contributed by atoms with Gasteiger partial charge in [0.15, 0.2) is 0 Å². The number of aromatic nitrogens is 1. The Labute approximate surface area is 252 Å². The minimum atomic E-state index is -0.0590. The van der Waals surface area contributed by atoms with Gasteiger partial charge in [-0.1, -0.05) is 111 Å². The second-order valence-corrected chi connectivity index (χ2v) is 12.5. The van der Waals surface area contributed by atoms with Crippen molar-refractivity contribution in [1.29, 1.82) is 0 Å².